The van der Waals surface area contributed by atoms with Crippen molar-refractivity contribution in [2.24, 2.45) is 5.92 Å². The Morgan fingerprint density at radius 2 is 1.93 bits per heavy atom. The van der Waals surface area contributed by atoms with Crippen LogP contribution in [0.2, 0.25) is 0 Å². The normalized spacial score (nSPS) is 15.3. The first-order chi connectivity index (χ1) is 14.2. The summed E-state index contributed by atoms with van der Waals surface area (Å²) in [6.45, 7) is 4.96. The topological polar surface area (TPSA) is 73.9 Å². The molecule has 1 saturated heterocycles. The highest BCUT2D eigenvalue weighted by Gasteiger charge is 2.21. The van der Waals surface area contributed by atoms with E-state index in [2.05, 4.69) is 55.7 Å². The van der Waals surface area contributed by atoms with Crippen LogP contribution in [0.5, 0.6) is 0 Å². The smallest absolute Gasteiger partial charge is 0.224 e. The number of H-pyrrole nitrogens is 1. The van der Waals surface area contributed by atoms with Gasteiger partial charge in [-0.3, -0.25) is 14.8 Å². The molecule has 1 aromatic heterocycles. The Labute approximate surface area is 171 Å². The van der Waals surface area contributed by atoms with Crippen LogP contribution >= 0.6 is 0 Å². The average molecular weight is 390 g/mol. The Morgan fingerprint density at radius 1 is 1.14 bits per heavy atom. The van der Waals surface area contributed by atoms with Crippen LogP contribution in [0.3, 0.4) is 0 Å². The van der Waals surface area contributed by atoms with Crippen LogP contribution in [0.15, 0.2) is 54.6 Å². The predicted octanol–water partition coefficient (Wildman–Crippen LogP) is 4.02. The van der Waals surface area contributed by atoms with E-state index in [-0.39, 0.29) is 5.91 Å². The molecule has 1 fully saturated rings. The molecular weight excluding hydrogens is 362 g/mol. The SMILES string of the molecule is Cc1nc(-c2cccc(NC(=O)CC3CCN(Cc4ccccc4)CC3)c2)n[nH]1. The first-order valence-corrected chi connectivity index (χ1v) is 10.2. The second-order valence-electron chi connectivity index (χ2n) is 7.78. The van der Waals surface area contributed by atoms with E-state index in [9.17, 15) is 4.79 Å². The highest BCUT2D eigenvalue weighted by molar-refractivity contribution is 5.91. The molecule has 0 saturated carbocycles. The fourth-order valence-corrected chi connectivity index (χ4v) is 3.87. The third kappa shape index (κ3) is 5.29. The number of carbonyl (C=O) groups excluding carboxylic acids is 1. The number of piperidine rings is 1. The Bertz CT molecular complexity index is 945. The molecule has 2 heterocycles. The van der Waals surface area contributed by atoms with Crippen molar-refractivity contribution in [3.63, 3.8) is 0 Å². The van der Waals surface area contributed by atoms with E-state index in [1.54, 1.807) is 0 Å². The molecule has 4 rings (SSSR count). The van der Waals surface area contributed by atoms with Crippen molar-refractivity contribution in [3.05, 3.63) is 66.0 Å². The maximum absolute atomic E-state index is 12.5. The van der Waals surface area contributed by atoms with Crippen molar-refractivity contribution in [3.8, 4) is 11.4 Å². The number of hydrogen-bond donors (Lipinski definition) is 2. The second kappa shape index (κ2) is 9.01. The molecular formula is C23H27N5O. The van der Waals surface area contributed by atoms with Crippen LogP contribution in [0, 0.1) is 12.8 Å². The minimum Gasteiger partial charge on any atom is -0.326 e. The third-order valence-electron chi connectivity index (χ3n) is 5.43. The lowest BCUT2D eigenvalue weighted by Gasteiger charge is -2.31. The number of benzene rings is 2. The van der Waals surface area contributed by atoms with Gasteiger partial charge < -0.3 is 5.32 Å². The van der Waals surface area contributed by atoms with Gasteiger partial charge in [0.05, 0.1) is 0 Å². The molecule has 0 unspecified atom stereocenters. The number of anilines is 1. The fraction of sp³-hybridized carbons (Fsp3) is 0.348. The summed E-state index contributed by atoms with van der Waals surface area (Å²) >= 11 is 0. The number of aryl methyl sites for hydroxylation is 1. The van der Waals surface area contributed by atoms with Crippen molar-refractivity contribution >= 4 is 11.6 Å². The molecule has 150 valence electrons. The van der Waals surface area contributed by atoms with Gasteiger partial charge in [-0.25, -0.2) is 4.98 Å². The molecule has 6 heteroatoms. The summed E-state index contributed by atoms with van der Waals surface area (Å²) in [5.41, 5.74) is 3.03. The van der Waals surface area contributed by atoms with Gasteiger partial charge >= 0.3 is 0 Å². The molecule has 0 spiro atoms. The standard InChI is InChI=1S/C23H27N5O/c1-17-24-23(27-26-17)20-8-5-9-21(15-20)25-22(29)14-18-10-12-28(13-11-18)16-19-6-3-2-4-7-19/h2-9,15,18H,10-14,16H2,1H3,(H,25,29)(H,24,26,27). The van der Waals surface area contributed by atoms with E-state index in [4.69, 9.17) is 0 Å². The summed E-state index contributed by atoms with van der Waals surface area (Å²) in [5.74, 6) is 1.94. The van der Waals surface area contributed by atoms with Gasteiger partial charge in [0.25, 0.3) is 0 Å². The number of likely N-dealkylation sites (tertiary alicyclic amines) is 1. The van der Waals surface area contributed by atoms with Gasteiger partial charge in [0, 0.05) is 24.2 Å². The molecule has 0 radical (unpaired) electrons. The number of hydrogen-bond acceptors (Lipinski definition) is 4. The van der Waals surface area contributed by atoms with Crippen molar-refractivity contribution in [2.45, 2.75) is 32.7 Å². The van der Waals surface area contributed by atoms with Crippen LogP contribution in [-0.4, -0.2) is 39.1 Å². The van der Waals surface area contributed by atoms with Crippen LogP contribution in [0.4, 0.5) is 5.69 Å². The van der Waals surface area contributed by atoms with E-state index in [0.717, 1.165) is 49.6 Å². The lowest BCUT2D eigenvalue weighted by Crippen LogP contribution is -2.34. The van der Waals surface area contributed by atoms with Gasteiger partial charge in [0.2, 0.25) is 5.91 Å². The molecule has 1 amide bonds. The summed E-state index contributed by atoms with van der Waals surface area (Å²) in [5, 5.41) is 10.1. The van der Waals surface area contributed by atoms with Gasteiger partial charge in [0.15, 0.2) is 5.82 Å². The Morgan fingerprint density at radius 3 is 2.66 bits per heavy atom. The van der Waals surface area contributed by atoms with Crippen LogP contribution < -0.4 is 5.32 Å². The zero-order valence-corrected chi connectivity index (χ0v) is 16.8. The van der Waals surface area contributed by atoms with Gasteiger partial charge in [-0.1, -0.05) is 42.5 Å². The number of amides is 1. The molecule has 1 aliphatic heterocycles. The summed E-state index contributed by atoms with van der Waals surface area (Å²) < 4.78 is 0. The van der Waals surface area contributed by atoms with E-state index in [1.165, 1.54) is 5.56 Å². The Balaban J connectivity index is 1.26. The van der Waals surface area contributed by atoms with Crippen molar-refractivity contribution in [1.82, 2.24) is 20.1 Å². The Hall–Kier alpha value is -2.99. The number of carbonyl (C=O) groups is 1. The van der Waals surface area contributed by atoms with Gasteiger partial charge in [-0.15, -0.1) is 0 Å². The van der Waals surface area contributed by atoms with E-state index in [0.29, 0.717) is 18.2 Å². The highest BCUT2D eigenvalue weighted by Crippen LogP contribution is 2.24. The first kappa shape index (κ1) is 19.3. The lowest BCUT2D eigenvalue weighted by molar-refractivity contribution is -0.117. The zero-order chi connectivity index (χ0) is 20.1. The van der Waals surface area contributed by atoms with Gasteiger partial charge in [-0.05, 0) is 56.5 Å². The van der Waals surface area contributed by atoms with Gasteiger partial charge in [0.1, 0.15) is 5.82 Å². The van der Waals surface area contributed by atoms with Crippen molar-refractivity contribution in [2.75, 3.05) is 18.4 Å². The van der Waals surface area contributed by atoms with E-state index in [1.807, 2.05) is 31.2 Å². The van der Waals surface area contributed by atoms with Crippen LogP contribution in [0.1, 0.15) is 30.7 Å². The molecule has 0 aliphatic carbocycles. The van der Waals surface area contributed by atoms with E-state index >= 15 is 0 Å². The van der Waals surface area contributed by atoms with Gasteiger partial charge in [-0.2, -0.15) is 5.10 Å². The van der Waals surface area contributed by atoms with Crippen LogP contribution in [-0.2, 0) is 11.3 Å². The second-order valence-corrected chi connectivity index (χ2v) is 7.78. The number of aromatic nitrogens is 3. The monoisotopic (exact) mass is 389 g/mol. The highest BCUT2D eigenvalue weighted by atomic mass is 16.1. The summed E-state index contributed by atoms with van der Waals surface area (Å²) in [6, 6.07) is 18.3. The number of aromatic amines is 1. The molecule has 2 N–H and O–H groups in total. The molecule has 1 aliphatic rings. The third-order valence-corrected chi connectivity index (χ3v) is 5.43. The Kier molecular flexibility index (Phi) is 6.00. The van der Waals surface area contributed by atoms with E-state index < -0.39 is 0 Å². The molecule has 0 bridgehead atoms. The minimum absolute atomic E-state index is 0.0785. The minimum atomic E-state index is 0.0785. The number of nitrogens with zero attached hydrogens (tertiary/aromatic N) is 3. The fourth-order valence-electron chi connectivity index (χ4n) is 3.87. The summed E-state index contributed by atoms with van der Waals surface area (Å²) in [4.78, 5) is 19.4. The quantitative estimate of drug-likeness (QED) is 0.668. The number of nitrogens with one attached hydrogen (secondary N) is 2. The van der Waals surface area contributed by atoms with Crippen LogP contribution in [0.25, 0.3) is 11.4 Å². The lowest BCUT2D eigenvalue weighted by atomic mass is 9.93. The number of rotatable bonds is 6. The maximum atomic E-state index is 12.5. The molecule has 6 nitrogen and oxygen atoms in total. The molecule has 2 aromatic carbocycles. The predicted molar refractivity (Wildman–Crippen MR) is 114 cm³/mol. The average Bonchev–Trinajstić information content (AvgIpc) is 3.17. The molecule has 0 atom stereocenters. The van der Waals surface area contributed by atoms with Crippen molar-refractivity contribution < 1.29 is 4.79 Å². The zero-order valence-electron chi connectivity index (χ0n) is 16.8. The first-order valence-electron chi connectivity index (χ1n) is 10.2. The maximum Gasteiger partial charge on any atom is 0.224 e. The molecule has 29 heavy (non-hydrogen) atoms. The summed E-state index contributed by atoms with van der Waals surface area (Å²) in [6.07, 6.45) is 2.71. The van der Waals surface area contributed by atoms with Crippen molar-refractivity contribution in [1.29, 1.82) is 0 Å². The molecule has 3 aromatic rings. The summed E-state index contributed by atoms with van der Waals surface area (Å²) in [7, 11) is 0. The largest absolute Gasteiger partial charge is 0.326 e.